The normalized spacial score (nSPS) is 7.60. The molecular weight excluding hydrogens is 134 g/mol. The van der Waals surface area contributed by atoms with Crippen LogP contribution < -0.4 is 0 Å². The average molecular weight is 139 g/mol. The smallest absolute Gasteiger partial charge is 0.355 e. The maximum absolute atomic E-state index is 10.4. The number of esters is 2. The summed E-state index contributed by atoms with van der Waals surface area (Å²) in [5.41, 5.74) is -0.379. The lowest BCUT2D eigenvalue weighted by Crippen LogP contribution is -2.09. The molecule has 4 nitrogen and oxygen atoms in total. The van der Waals surface area contributed by atoms with Crippen LogP contribution in [0.5, 0.6) is 0 Å². The number of nitrogens with zero attached hydrogens (tertiary/aromatic N) is 1. The second-order valence-electron chi connectivity index (χ2n) is 1.47. The van der Waals surface area contributed by atoms with Gasteiger partial charge in [0, 0.05) is 6.92 Å². The van der Waals surface area contributed by atoms with Gasteiger partial charge in [0.1, 0.15) is 11.6 Å². The van der Waals surface area contributed by atoms with E-state index in [1.165, 1.54) is 6.07 Å². The van der Waals surface area contributed by atoms with Crippen LogP contribution in [0.4, 0.5) is 0 Å². The highest BCUT2D eigenvalue weighted by molar-refractivity contribution is 5.98. The van der Waals surface area contributed by atoms with Gasteiger partial charge in [-0.25, -0.2) is 4.79 Å². The number of hydrogen-bond acceptors (Lipinski definition) is 4. The third-order valence-corrected chi connectivity index (χ3v) is 0.618. The van der Waals surface area contributed by atoms with E-state index in [0.29, 0.717) is 0 Å². The molecule has 0 radical (unpaired) electrons. The van der Waals surface area contributed by atoms with Crippen molar-refractivity contribution < 1.29 is 14.3 Å². The van der Waals surface area contributed by atoms with E-state index in [9.17, 15) is 9.59 Å². The summed E-state index contributed by atoms with van der Waals surface area (Å²) in [4.78, 5) is 20.5. The van der Waals surface area contributed by atoms with Crippen molar-refractivity contribution in [2.45, 2.75) is 6.92 Å². The van der Waals surface area contributed by atoms with Gasteiger partial charge < -0.3 is 4.74 Å². The Balaban J connectivity index is 4.02. The van der Waals surface area contributed by atoms with Gasteiger partial charge in [0.25, 0.3) is 0 Å². The van der Waals surface area contributed by atoms with Crippen LogP contribution in [0, 0.1) is 11.3 Å². The predicted molar refractivity (Wildman–Crippen MR) is 31.5 cm³/mol. The Hall–Kier alpha value is -1.63. The van der Waals surface area contributed by atoms with E-state index in [0.717, 1.165) is 6.92 Å². The van der Waals surface area contributed by atoms with E-state index in [-0.39, 0.29) is 5.57 Å². The van der Waals surface area contributed by atoms with E-state index in [1.54, 1.807) is 0 Å². The first-order valence-electron chi connectivity index (χ1n) is 2.39. The zero-order chi connectivity index (χ0) is 8.15. The van der Waals surface area contributed by atoms with E-state index < -0.39 is 11.9 Å². The molecule has 0 heterocycles. The Kier molecular flexibility index (Phi) is 2.85. The van der Waals surface area contributed by atoms with Gasteiger partial charge in [0.05, 0.1) is 0 Å². The Labute approximate surface area is 57.7 Å². The molecule has 0 bridgehead atoms. The Bertz CT molecular complexity index is 224. The second-order valence-corrected chi connectivity index (χ2v) is 1.47. The molecule has 0 amide bonds. The molecule has 52 valence electrons. The van der Waals surface area contributed by atoms with Crippen LogP contribution in [0.25, 0.3) is 0 Å². The molecule has 0 saturated heterocycles. The van der Waals surface area contributed by atoms with Crippen molar-refractivity contribution in [2.24, 2.45) is 0 Å². The topological polar surface area (TPSA) is 67.2 Å². The zero-order valence-electron chi connectivity index (χ0n) is 5.38. The lowest BCUT2D eigenvalue weighted by atomic mass is 10.3. The summed E-state index contributed by atoms with van der Waals surface area (Å²) in [6.45, 7) is 4.11. The van der Waals surface area contributed by atoms with E-state index in [1.807, 2.05) is 0 Å². The van der Waals surface area contributed by atoms with Gasteiger partial charge in [0.2, 0.25) is 0 Å². The van der Waals surface area contributed by atoms with E-state index in [2.05, 4.69) is 11.3 Å². The van der Waals surface area contributed by atoms with E-state index >= 15 is 0 Å². The van der Waals surface area contributed by atoms with Crippen LogP contribution in [-0.4, -0.2) is 11.9 Å². The minimum Gasteiger partial charge on any atom is -0.389 e. The largest absolute Gasteiger partial charge is 0.389 e. The van der Waals surface area contributed by atoms with Crippen molar-refractivity contribution in [1.82, 2.24) is 0 Å². The van der Waals surface area contributed by atoms with Crippen molar-refractivity contribution in [3.05, 3.63) is 12.2 Å². The molecule has 0 atom stereocenters. The third kappa shape index (κ3) is 2.62. The third-order valence-electron chi connectivity index (χ3n) is 0.618. The summed E-state index contributed by atoms with van der Waals surface area (Å²) < 4.78 is 4.00. The molecule has 0 aromatic heterocycles. The fourth-order valence-electron chi connectivity index (χ4n) is 0.238. The molecule has 0 aliphatic carbocycles. The predicted octanol–water partition coefficient (Wildman–Crippen LogP) is 0.156. The van der Waals surface area contributed by atoms with Gasteiger partial charge in [-0.2, -0.15) is 5.26 Å². The molecule has 0 saturated carbocycles. The lowest BCUT2D eigenvalue weighted by Gasteiger charge is -1.93. The quantitative estimate of drug-likeness (QED) is 0.224. The van der Waals surface area contributed by atoms with Gasteiger partial charge in [0.15, 0.2) is 0 Å². The minimum absolute atomic E-state index is 0.379. The number of carbonyl (C=O) groups excluding carboxylic acids is 2. The Morgan fingerprint density at radius 1 is 1.60 bits per heavy atom. The minimum atomic E-state index is -0.991. The molecule has 0 N–H and O–H groups in total. The Morgan fingerprint density at radius 2 is 2.10 bits per heavy atom. The maximum Gasteiger partial charge on any atom is 0.355 e. The van der Waals surface area contributed by atoms with Crippen LogP contribution in [0.1, 0.15) is 6.92 Å². The fourth-order valence-corrected chi connectivity index (χ4v) is 0.238. The highest BCUT2D eigenvalue weighted by Gasteiger charge is 2.08. The maximum atomic E-state index is 10.4. The summed E-state index contributed by atoms with van der Waals surface area (Å²) in [7, 11) is 0. The first-order chi connectivity index (χ1) is 4.57. The highest BCUT2D eigenvalue weighted by Crippen LogP contribution is 1.91. The number of rotatable bonds is 1. The Morgan fingerprint density at radius 3 is 2.40 bits per heavy atom. The standard InChI is InChI=1S/C6H5NO3/c1-4(3-7)6(9)10-5(2)8/h1H2,2H3. The van der Waals surface area contributed by atoms with Gasteiger partial charge in [-0.15, -0.1) is 0 Å². The monoisotopic (exact) mass is 139 g/mol. The van der Waals surface area contributed by atoms with Gasteiger partial charge in [-0.05, 0) is 0 Å². The summed E-state index contributed by atoms with van der Waals surface area (Å²) in [6, 6.07) is 1.45. The zero-order valence-corrected chi connectivity index (χ0v) is 5.38. The lowest BCUT2D eigenvalue weighted by molar-refractivity contribution is -0.154. The van der Waals surface area contributed by atoms with E-state index in [4.69, 9.17) is 5.26 Å². The molecule has 0 spiro atoms. The number of ether oxygens (including phenoxy) is 1. The number of nitriles is 1. The molecular formula is C6H5NO3. The van der Waals surface area contributed by atoms with Crippen molar-refractivity contribution >= 4 is 11.9 Å². The van der Waals surface area contributed by atoms with Crippen LogP contribution >= 0.6 is 0 Å². The van der Waals surface area contributed by atoms with Gasteiger partial charge >= 0.3 is 11.9 Å². The second kappa shape index (κ2) is 3.41. The molecule has 0 fully saturated rings. The molecule has 10 heavy (non-hydrogen) atoms. The molecule has 0 aliphatic heterocycles. The molecule has 0 aromatic carbocycles. The summed E-state index contributed by atoms with van der Waals surface area (Å²) in [6.07, 6.45) is 0. The van der Waals surface area contributed by atoms with Crippen LogP contribution in [0.3, 0.4) is 0 Å². The first kappa shape index (κ1) is 8.37. The molecule has 0 aliphatic rings. The molecule has 0 rings (SSSR count). The average Bonchev–Trinajstić information content (AvgIpc) is 1.85. The number of hydrogen-bond donors (Lipinski definition) is 0. The highest BCUT2D eigenvalue weighted by atomic mass is 16.6. The summed E-state index contributed by atoms with van der Waals surface area (Å²) >= 11 is 0. The molecule has 0 unspecified atom stereocenters. The van der Waals surface area contributed by atoms with Crippen LogP contribution in [0.15, 0.2) is 12.2 Å². The SMILES string of the molecule is C=C(C#N)C(=O)OC(C)=O. The number of carbonyl (C=O) groups is 2. The van der Waals surface area contributed by atoms with Crippen molar-refractivity contribution in [2.75, 3.05) is 0 Å². The summed E-state index contributed by atoms with van der Waals surface area (Å²) in [5, 5.41) is 8.06. The van der Waals surface area contributed by atoms with Crippen LogP contribution in [-0.2, 0) is 14.3 Å². The molecule has 4 heteroatoms. The van der Waals surface area contributed by atoms with Crippen molar-refractivity contribution in [3.63, 3.8) is 0 Å². The van der Waals surface area contributed by atoms with Crippen molar-refractivity contribution in [3.8, 4) is 6.07 Å². The molecule has 0 aromatic rings. The van der Waals surface area contributed by atoms with Gasteiger partial charge in [-0.1, -0.05) is 6.58 Å². The van der Waals surface area contributed by atoms with Gasteiger partial charge in [-0.3, -0.25) is 4.79 Å². The van der Waals surface area contributed by atoms with Crippen LogP contribution in [0.2, 0.25) is 0 Å². The first-order valence-corrected chi connectivity index (χ1v) is 2.39. The van der Waals surface area contributed by atoms with Crippen molar-refractivity contribution in [1.29, 1.82) is 5.26 Å². The summed E-state index contributed by atoms with van der Waals surface area (Å²) in [5.74, 6) is -1.74. The fraction of sp³-hybridized carbons (Fsp3) is 0.167.